The number of aliphatic hydroxyl groups excluding tert-OH is 1. The number of nitrogens with zero attached hydrogens (tertiary/aromatic N) is 2. The zero-order chi connectivity index (χ0) is 29.2. The van der Waals surface area contributed by atoms with Crippen molar-refractivity contribution in [3.05, 3.63) is 75.8 Å². The average molecular weight is 546 g/mol. The Hall–Kier alpha value is -4.23. The normalized spacial score (nSPS) is 13.6. The van der Waals surface area contributed by atoms with Crippen LogP contribution in [0.4, 0.5) is 15.3 Å². The molecule has 2 aromatic rings. The minimum absolute atomic E-state index is 0.0149. The van der Waals surface area contributed by atoms with E-state index in [0.717, 1.165) is 5.56 Å². The number of nitrogens with one attached hydrogen (secondary N) is 3. The van der Waals surface area contributed by atoms with Gasteiger partial charge >= 0.3 is 12.2 Å². The maximum Gasteiger partial charge on any atom is 0.407 e. The second-order valence-electron chi connectivity index (χ2n) is 10.0. The molecule has 0 spiro atoms. The smallest absolute Gasteiger partial charge is 0.407 e. The highest BCUT2D eigenvalue weighted by molar-refractivity contribution is 5.86. The molecule has 3 atom stereocenters. The number of alkyl carbamates (subject to hydrolysis) is 1. The molecule has 0 heterocycles. The predicted octanol–water partition coefficient (Wildman–Crippen LogP) is 2.44. The largest absolute Gasteiger partial charge is 0.465 e. The van der Waals surface area contributed by atoms with Gasteiger partial charge in [0.15, 0.2) is 0 Å². The Morgan fingerprint density at radius 1 is 1.03 bits per heavy atom. The SMILES string of the molecule is COC(=O)N[C@H](C(=O)NN(Cc1ccc([N+](=O)[O-])cc1)CC(O)C(Cc1ccccc1)NC(=O)O)C(C)(C)C. The maximum absolute atomic E-state index is 13.3. The van der Waals surface area contributed by atoms with Crippen LogP contribution in [0.15, 0.2) is 54.6 Å². The lowest BCUT2D eigenvalue weighted by atomic mass is 9.86. The number of amides is 3. The van der Waals surface area contributed by atoms with E-state index in [-0.39, 0.29) is 25.2 Å². The molecule has 0 radical (unpaired) electrons. The van der Waals surface area contributed by atoms with Crippen molar-refractivity contribution >= 4 is 23.8 Å². The van der Waals surface area contributed by atoms with Crippen LogP contribution in [0.25, 0.3) is 0 Å². The fourth-order valence-electron chi connectivity index (χ4n) is 3.83. The van der Waals surface area contributed by atoms with E-state index >= 15 is 0 Å². The molecule has 13 nitrogen and oxygen atoms in total. The number of hydrazine groups is 1. The summed E-state index contributed by atoms with van der Waals surface area (Å²) in [4.78, 5) is 47.1. The van der Waals surface area contributed by atoms with Gasteiger partial charge in [-0.3, -0.25) is 20.3 Å². The first-order valence-corrected chi connectivity index (χ1v) is 12.1. The van der Waals surface area contributed by atoms with E-state index in [2.05, 4.69) is 20.8 Å². The predicted molar refractivity (Wildman–Crippen MR) is 142 cm³/mol. The summed E-state index contributed by atoms with van der Waals surface area (Å²) in [6, 6.07) is 12.7. The lowest BCUT2D eigenvalue weighted by Gasteiger charge is -2.34. The van der Waals surface area contributed by atoms with Crippen LogP contribution in [0.5, 0.6) is 0 Å². The van der Waals surface area contributed by atoms with Crippen LogP contribution < -0.4 is 16.1 Å². The summed E-state index contributed by atoms with van der Waals surface area (Å²) in [5.41, 5.74) is 3.22. The lowest BCUT2D eigenvalue weighted by Crippen LogP contribution is -2.59. The van der Waals surface area contributed by atoms with Gasteiger partial charge in [0, 0.05) is 25.2 Å². The second kappa shape index (κ2) is 14.1. The molecule has 0 fully saturated rings. The van der Waals surface area contributed by atoms with Gasteiger partial charge in [0.25, 0.3) is 11.6 Å². The first-order chi connectivity index (χ1) is 18.3. The summed E-state index contributed by atoms with van der Waals surface area (Å²) in [5.74, 6) is -0.604. The van der Waals surface area contributed by atoms with Gasteiger partial charge in [-0.1, -0.05) is 63.2 Å². The summed E-state index contributed by atoms with van der Waals surface area (Å²) in [6.45, 7) is 5.04. The number of hydrogen-bond acceptors (Lipinski definition) is 8. The molecule has 0 saturated carbocycles. The molecule has 39 heavy (non-hydrogen) atoms. The average Bonchev–Trinajstić information content (AvgIpc) is 2.86. The van der Waals surface area contributed by atoms with Crippen molar-refractivity contribution in [1.29, 1.82) is 0 Å². The summed E-state index contributed by atoms with van der Waals surface area (Å²) in [6.07, 6.45) is -3.22. The van der Waals surface area contributed by atoms with Crippen LogP contribution in [0.1, 0.15) is 31.9 Å². The molecule has 0 aliphatic rings. The van der Waals surface area contributed by atoms with Gasteiger partial charge < -0.3 is 25.6 Å². The molecule has 2 unspecified atom stereocenters. The Bertz CT molecular complexity index is 1120. The van der Waals surface area contributed by atoms with Crippen LogP contribution >= 0.6 is 0 Å². The number of rotatable bonds is 12. The Balaban J connectivity index is 2.32. The van der Waals surface area contributed by atoms with E-state index in [0.29, 0.717) is 5.56 Å². The van der Waals surface area contributed by atoms with Gasteiger partial charge in [0.1, 0.15) is 6.04 Å². The van der Waals surface area contributed by atoms with Gasteiger partial charge in [-0.15, -0.1) is 0 Å². The molecule has 0 aromatic heterocycles. The van der Waals surface area contributed by atoms with E-state index < -0.39 is 46.6 Å². The van der Waals surface area contributed by atoms with Crippen molar-refractivity contribution in [3.8, 4) is 0 Å². The summed E-state index contributed by atoms with van der Waals surface area (Å²) < 4.78 is 4.64. The lowest BCUT2D eigenvalue weighted by molar-refractivity contribution is -0.384. The van der Waals surface area contributed by atoms with Crippen molar-refractivity contribution in [3.63, 3.8) is 0 Å². The number of non-ortho nitro benzene ring substituents is 1. The molecule has 3 amide bonds. The van der Waals surface area contributed by atoms with E-state index in [1.807, 2.05) is 6.07 Å². The molecule has 2 aromatic carbocycles. The standard InChI is InChI=1S/C26H35N5O8/c1-26(2,3)22(28-25(36)39-4)23(33)29-30(15-18-10-12-19(13-11-18)31(37)38)16-21(32)20(27-24(34)35)14-17-8-6-5-7-9-17/h5-13,20-22,27,32H,14-16H2,1-4H3,(H,28,36)(H,29,33)(H,34,35)/t20?,21?,22-/m1/s1. The Morgan fingerprint density at radius 3 is 2.15 bits per heavy atom. The van der Waals surface area contributed by atoms with Crippen LogP contribution in [0.3, 0.4) is 0 Å². The minimum Gasteiger partial charge on any atom is -0.465 e. The fourth-order valence-corrected chi connectivity index (χ4v) is 3.83. The third-order valence-electron chi connectivity index (χ3n) is 5.84. The monoisotopic (exact) mass is 545 g/mol. The second-order valence-corrected chi connectivity index (χ2v) is 10.0. The number of carbonyl (C=O) groups is 3. The van der Waals surface area contributed by atoms with Gasteiger partial charge in [-0.25, -0.2) is 14.6 Å². The van der Waals surface area contributed by atoms with Gasteiger partial charge in [-0.05, 0) is 23.0 Å². The number of nitro benzene ring substituents is 1. The summed E-state index contributed by atoms with van der Waals surface area (Å²) in [7, 11) is 1.17. The number of hydrogen-bond donors (Lipinski definition) is 5. The van der Waals surface area contributed by atoms with Crippen molar-refractivity contribution < 1.29 is 34.3 Å². The molecule has 0 bridgehead atoms. The number of aliphatic hydroxyl groups is 1. The van der Waals surface area contributed by atoms with E-state index in [9.17, 15) is 34.7 Å². The Labute approximate surface area is 226 Å². The molecule has 13 heteroatoms. The van der Waals surface area contributed by atoms with Crippen LogP contribution in [0.2, 0.25) is 0 Å². The highest BCUT2D eigenvalue weighted by atomic mass is 16.6. The van der Waals surface area contributed by atoms with Crippen LogP contribution in [-0.2, 0) is 22.5 Å². The van der Waals surface area contributed by atoms with Gasteiger partial charge in [0.05, 0.1) is 24.2 Å². The number of carboxylic acid groups (broad SMARTS) is 1. The number of benzene rings is 2. The van der Waals surface area contributed by atoms with E-state index in [4.69, 9.17) is 0 Å². The number of carbonyl (C=O) groups excluding carboxylic acids is 2. The first-order valence-electron chi connectivity index (χ1n) is 12.1. The van der Waals surface area contributed by atoms with Crippen molar-refractivity contribution in [2.24, 2.45) is 5.41 Å². The van der Waals surface area contributed by atoms with E-state index in [1.165, 1.54) is 36.4 Å². The van der Waals surface area contributed by atoms with Crippen molar-refractivity contribution in [2.75, 3.05) is 13.7 Å². The third kappa shape index (κ3) is 10.2. The number of methoxy groups -OCH3 is 1. The zero-order valence-electron chi connectivity index (χ0n) is 22.3. The Kier molecular flexibility index (Phi) is 11.2. The van der Waals surface area contributed by atoms with E-state index in [1.54, 1.807) is 45.0 Å². The highest BCUT2D eigenvalue weighted by Gasteiger charge is 2.35. The molecular formula is C26H35N5O8. The highest BCUT2D eigenvalue weighted by Crippen LogP contribution is 2.20. The quantitative estimate of drug-likeness (QED) is 0.197. The zero-order valence-corrected chi connectivity index (χ0v) is 22.3. The van der Waals surface area contributed by atoms with Crippen molar-refractivity contribution in [2.45, 2.75) is 51.9 Å². The molecule has 212 valence electrons. The molecule has 0 aliphatic heterocycles. The third-order valence-corrected chi connectivity index (χ3v) is 5.84. The van der Waals surface area contributed by atoms with Crippen LogP contribution in [-0.4, -0.2) is 70.1 Å². The first kappa shape index (κ1) is 31.0. The minimum atomic E-state index is -1.32. The topological polar surface area (TPSA) is 183 Å². The van der Waals surface area contributed by atoms with Gasteiger partial charge in [0.2, 0.25) is 0 Å². The molecule has 2 rings (SSSR count). The fraction of sp³-hybridized carbons (Fsp3) is 0.423. The summed E-state index contributed by atoms with van der Waals surface area (Å²) >= 11 is 0. The number of nitro groups is 1. The number of ether oxygens (including phenoxy) is 1. The van der Waals surface area contributed by atoms with Crippen LogP contribution in [0, 0.1) is 15.5 Å². The molecule has 5 N–H and O–H groups in total. The maximum atomic E-state index is 13.3. The molecular weight excluding hydrogens is 510 g/mol. The van der Waals surface area contributed by atoms with Crippen molar-refractivity contribution in [1.82, 2.24) is 21.1 Å². The van der Waals surface area contributed by atoms with Gasteiger partial charge in [-0.2, -0.15) is 0 Å². The summed E-state index contributed by atoms with van der Waals surface area (Å²) in [5, 5.41) is 37.7. The Morgan fingerprint density at radius 2 is 1.64 bits per heavy atom. The molecule has 0 aliphatic carbocycles. The molecule has 0 saturated heterocycles.